The molecule has 18 heavy (non-hydrogen) atoms. The molecule has 1 aliphatic rings. The Morgan fingerprint density at radius 3 is 3.06 bits per heavy atom. The van der Waals surface area contributed by atoms with E-state index in [-0.39, 0.29) is 11.7 Å². The van der Waals surface area contributed by atoms with Gasteiger partial charge in [0.05, 0.1) is 16.1 Å². The molecule has 0 aromatic heterocycles. The standard InChI is InChI=1S/C13H15BrFNO2/c14-11-6-3-5-10(12(11)15)13(17)16-8-9-4-1-2-7-18-9/h3,5-6,9H,1-2,4,7-8H2,(H,16,17). The molecule has 1 aromatic carbocycles. The van der Waals surface area contributed by atoms with Crippen molar-refractivity contribution in [1.29, 1.82) is 0 Å². The summed E-state index contributed by atoms with van der Waals surface area (Å²) in [7, 11) is 0. The number of nitrogens with one attached hydrogen (secondary N) is 1. The highest BCUT2D eigenvalue weighted by Gasteiger charge is 2.17. The molecule has 98 valence electrons. The Kier molecular flexibility index (Phi) is 4.72. The van der Waals surface area contributed by atoms with E-state index in [1.165, 1.54) is 6.07 Å². The lowest BCUT2D eigenvalue weighted by molar-refractivity contribution is 0.0168. The molecular formula is C13H15BrFNO2. The lowest BCUT2D eigenvalue weighted by atomic mass is 10.1. The van der Waals surface area contributed by atoms with Crippen LogP contribution >= 0.6 is 15.9 Å². The topological polar surface area (TPSA) is 38.3 Å². The Hall–Kier alpha value is -0.940. The minimum Gasteiger partial charge on any atom is -0.376 e. The zero-order chi connectivity index (χ0) is 13.0. The predicted molar refractivity (Wildman–Crippen MR) is 70.0 cm³/mol. The highest BCUT2D eigenvalue weighted by molar-refractivity contribution is 9.10. The van der Waals surface area contributed by atoms with Crippen molar-refractivity contribution in [2.24, 2.45) is 0 Å². The minimum atomic E-state index is -0.528. The van der Waals surface area contributed by atoms with Crippen molar-refractivity contribution in [3.8, 4) is 0 Å². The summed E-state index contributed by atoms with van der Waals surface area (Å²) < 4.78 is 19.5. The van der Waals surface area contributed by atoms with Gasteiger partial charge in [-0.3, -0.25) is 4.79 Å². The summed E-state index contributed by atoms with van der Waals surface area (Å²) in [4.78, 5) is 11.8. The Bertz CT molecular complexity index is 433. The van der Waals surface area contributed by atoms with Gasteiger partial charge in [-0.05, 0) is 47.3 Å². The first-order valence-electron chi connectivity index (χ1n) is 6.02. The molecule has 0 bridgehead atoms. The molecule has 1 aliphatic heterocycles. The van der Waals surface area contributed by atoms with Crippen LogP contribution in [0.25, 0.3) is 0 Å². The molecule has 0 radical (unpaired) electrons. The number of halogens is 2. The van der Waals surface area contributed by atoms with E-state index in [4.69, 9.17) is 4.74 Å². The minimum absolute atomic E-state index is 0.0536. The summed E-state index contributed by atoms with van der Waals surface area (Å²) in [6.07, 6.45) is 3.19. The number of carbonyl (C=O) groups is 1. The van der Waals surface area contributed by atoms with Crippen LogP contribution in [0.3, 0.4) is 0 Å². The largest absolute Gasteiger partial charge is 0.376 e. The second-order valence-electron chi connectivity index (χ2n) is 4.30. The van der Waals surface area contributed by atoms with Gasteiger partial charge in [0.1, 0.15) is 5.82 Å². The van der Waals surface area contributed by atoms with Crippen molar-refractivity contribution >= 4 is 21.8 Å². The maximum absolute atomic E-state index is 13.7. The lowest BCUT2D eigenvalue weighted by Gasteiger charge is -2.22. The first kappa shape index (κ1) is 13.5. The zero-order valence-electron chi connectivity index (χ0n) is 9.92. The van der Waals surface area contributed by atoms with Crippen LogP contribution in [-0.4, -0.2) is 25.2 Å². The Labute approximate surface area is 114 Å². The summed E-state index contributed by atoms with van der Waals surface area (Å²) in [6, 6.07) is 4.67. The fourth-order valence-corrected chi connectivity index (χ4v) is 2.32. The third-order valence-electron chi connectivity index (χ3n) is 2.96. The first-order chi connectivity index (χ1) is 8.68. The van der Waals surface area contributed by atoms with Crippen molar-refractivity contribution in [3.05, 3.63) is 34.1 Å². The summed E-state index contributed by atoms with van der Waals surface area (Å²) in [5, 5.41) is 2.71. The zero-order valence-corrected chi connectivity index (χ0v) is 11.5. The first-order valence-corrected chi connectivity index (χ1v) is 6.81. The molecule has 1 heterocycles. The summed E-state index contributed by atoms with van der Waals surface area (Å²) in [5.41, 5.74) is 0.0557. The molecule has 1 aromatic rings. The van der Waals surface area contributed by atoms with Crippen molar-refractivity contribution in [2.45, 2.75) is 25.4 Å². The molecule has 1 fully saturated rings. The maximum Gasteiger partial charge on any atom is 0.254 e. The Morgan fingerprint density at radius 2 is 2.33 bits per heavy atom. The number of hydrogen-bond donors (Lipinski definition) is 1. The van der Waals surface area contributed by atoms with Gasteiger partial charge in [0.25, 0.3) is 5.91 Å². The molecule has 1 atom stereocenters. The van der Waals surface area contributed by atoms with Gasteiger partial charge < -0.3 is 10.1 Å². The van der Waals surface area contributed by atoms with E-state index < -0.39 is 11.7 Å². The van der Waals surface area contributed by atoms with Gasteiger partial charge in [-0.25, -0.2) is 4.39 Å². The number of rotatable bonds is 3. The van der Waals surface area contributed by atoms with Crippen LogP contribution in [0.1, 0.15) is 29.6 Å². The molecule has 0 aliphatic carbocycles. The highest BCUT2D eigenvalue weighted by Crippen LogP contribution is 2.18. The van der Waals surface area contributed by atoms with Gasteiger partial charge in [0.2, 0.25) is 0 Å². The summed E-state index contributed by atoms with van der Waals surface area (Å²) in [6.45, 7) is 1.18. The van der Waals surface area contributed by atoms with Crippen LogP contribution in [0.2, 0.25) is 0 Å². The molecule has 5 heteroatoms. The van der Waals surface area contributed by atoms with Crippen LogP contribution in [0.15, 0.2) is 22.7 Å². The lowest BCUT2D eigenvalue weighted by Crippen LogP contribution is -2.35. The predicted octanol–water partition coefficient (Wildman–Crippen LogP) is 2.89. The normalized spacial score (nSPS) is 19.6. The molecule has 1 unspecified atom stereocenters. The number of benzene rings is 1. The molecule has 1 amide bonds. The number of amides is 1. The monoisotopic (exact) mass is 315 g/mol. The fraction of sp³-hybridized carbons (Fsp3) is 0.462. The highest BCUT2D eigenvalue weighted by atomic mass is 79.9. The van der Waals surface area contributed by atoms with Gasteiger partial charge in [-0.2, -0.15) is 0 Å². The van der Waals surface area contributed by atoms with Crippen LogP contribution in [-0.2, 0) is 4.74 Å². The molecular weight excluding hydrogens is 301 g/mol. The van der Waals surface area contributed by atoms with Crippen LogP contribution in [0.4, 0.5) is 4.39 Å². The quantitative estimate of drug-likeness (QED) is 0.931. The van der Waals surface area contributed by atoms with E-state index in [0.29, 0.717) is 11.0 Å². The average molecular weight is 316 g/mol. The van der Waals surface area contributed by atoms with Crippen LogP contribution in [0, 0.1) is 5.82 Å². The van der Waals surface area contributed by atoms with Gasteiger partial charge in [-0.1, -0.05) is 6.07 Å². The maximum atomic E-state index is 13.7. The van der Waals surface area contributed by atoms with Crippen molar-refractivity contribution in [1.82, 2.24) is 5.32 Å². The van der Waals surface area contributed by atoms with Gasteiger partial charge >= 0.3 is 0 Å². The van der Waals surface area contributed by atoms with Crippen molar-refractivity contribution < 1.29 is 13.9 Å². The van der Waals surface area contributed by atoms with Gasteiger partial charge in [0, 0.05) is 13.2 Å². The van der Waals surface area contributed by atoms with Crippen LogP contribution < -0.4 is 5.32 Å². The molecule has 0 saturated carbocycles. The van der Waals surface area contributed by atoms with E-state index in [2.05, 4.69) is 21.2 Å². The second kappa shape index (κ2) is 6.29. The molecule has 0 spiro atoms. The fourth-order valence-electron chi connectivity index (χ4n) is 1.95. The summed E-state index contributed by atoms with van der Waals surface area (Å²) in [5.74, 6) is -0.928. The molecule has 2 rings (SSSR count). The SMILES string of the molecule is O=C(NCC1CCCCO1)c1cccc(Br)c1F. The Morgan fingerprint density at radius 1 is 1.50 bits per heavy atom. The van der Waals surface area contributed by atoms with E-state index >= 15 is 0 Å². The van der Waals surface area contributed by atoms with Gasteiger partial charge in [-0.15, -0.1) is 0 Å². The molecule has 1 saturated heterocycles. The Balaban J connectivity index is 1.93. The smallest absolute Gasteiger partial charge is 0.254 e. The number of ether oxygens (including phenoxy) is 1. The van der Waals surface area contributed by atoms with Crippen molar-refractivity contribution in [2.75, 3.05) is 13.2 Å². The molecule has 3 nitrogen and oxygen atoms in total. The van der Waals surface area contributed by atoms with E-state index in [1.807, 2.05) is 0 Å². The average Bonchev–Trinajstić information content (AvgIpc) is 2.40. The molecule has 1 N–H and O–H groups in total. The number of carbonyl (C=O) groups excluding carboxylic acids is 1. The van der Waals surface area contributed by atoms with E-state index in [9.17, 15) is 9.18 Å². The van der Waals surface area contributed by atoms with E-state index in [0.717, 1.165) is 25.9 Å². The number of hydrogen-bond acceptors (Lipinski definition) is 2. The summed E-state index contributed by atoms with van der Waals surface area (Å²) >= 11 is 3.06. The van der Waals surface area contributed by atoms with Gasteiger partial charge in [0.15, 0.2) is 0 Å². The second-order valence-corrected chi connectivity index (χ2v) is 5.15. The van der Waals surface area contributed by atoms with Crippen molar-refractivity contribution in [3.63, 3.8) is 0 Å². The third-order valence-corrected chi connectivity index (χ3v) is 3.57. The third kappa shape index (κ3) is 3.29. The van der Waals surface area contributed by atoms with Crippen LogP contribution in [0.5, 0.6) is 0 Å². The van der Waals surface area contributed by atoms with E-state index in [1.54, 1.807) is 12.1 Å².